The molecule has 12 heteroatoms. The van der Waals surface area contributed by atoms with Crippen LogP contribution in [0.5, 0.6) is 11.5 Å². The average molecular weight is 468 g/mol. The van der Waals surface area contributed by atoms with Crippen LogP contribution >= 0.6 is 0 Å². The van der Waals surface area contributed by atoms with Crippen LogP contribution in [0.3, 0.4) is 0 Å². The van der Waals surface area contributed by atoms with E-state index in [0.717, 1.165) is 0 Å². The number of carbonyl (C=O) groups excluding carboxylic acids is 1. The Morgan fingerprint density at radius 2 is 1.42 bits per heavy atom. The number of nitrogens with two attached hydrogens (primary N) is 1. The highest BCUT2D eigenvalue weighted by Gasteiger charge is 2.28. The number of hydrogen-bond donors (Lipinski definition) is 7. The van der Waals surface area contributed by atoms with Gasteiger partial charge in [-0.3, -0.25) is 9.59 Å². The standard InChI is InChI=1S/C10H13NO4.C9H11NO.C2H2O4.H2O/c1-10(11,9(14)15)5-6-2-3-7(12)8(13)4-6;1-2-10-9(11)8-6-4-3-5-7-8;3-1(4)2(5)6;/h2-4,12-13H,5,11H2,1H3,(H,14,15);3-7H,2H2,1H3,(H,10,11);(H,3,4)(H,5,6);1H2/t10-;;;/m0.../s1. The van der Waals surface area contributed by atoms with E-state index in [9.17, 15) is 14.7 Å². The summed E-state index contributed by atoms with van der Waals surface area (Å²) in [5.74, 6) is -5.30. The van der Waals surface area contributed by atoms with E-state index < -0.39 is 23.4 Å². The van der Waals surface area contributed by atoms with E-state index in [2.05, 4.69) is 5.32 Å². The highest BCUT2D eigenvalue weighted by atomic mass is 16.4. The van der Waals surface area contributed by atoms with E-state index >= 15 is 0 Å². The average Bonchev–Trinajstić information content (AvgIpc) is 2.72. The van der Waals surface area contributed by atoms with Crippen molar-refractivity contribution in [3.05, 3.63) is 59.7 Å². The second-order valence-corrected chi connectivity index (χ2v) is 6.56. The number of hydrogen-bond acceptors (Lipinski definition) is 7. The number of carbonyl (C=O) groups is 4. The number of amides is 1. The number of phenols is 2. The fourth-order valence-electron chi connectivity index (χ4n) is 2.03. The summed E-state index contributed by atoms with van der Waals surface area (Å²) in [6.07, 6.45) is 0.0795. The highest BCUT2D eigenvalue weighted by molar-refractivity contribution is 6.27. The van der Waals surface area contributed by atoms with Crippen LogP contribution in [-0.4, -0.2) is 66.9 Å². The molecule has 0 aliphatic heterocycles. The second-order valence-electron chi connectivity index (χ2n) is 6.56. The molecular formula is C21H28N2O10. The fraction of sp³-hybridized carbons (Fsp3) is 0.238. The molecule has 0 spiro atoms. The molecule has 1 amide bonds. The maximum atomic E-state index is 11.1. The zero-order valence-corrected chi connectivity index (χ0v) is 18.0. The van der Waals surface area contributed by atoms with E-state index in [-0.39, 0.29) is 29.3 Å². The van der Waals surface area contributed by atoms with Crippen LogP contribution in [0.1, 0.15) is 29.8 Å². The number of aromatic hydroxyl groups is 2. The van der Waals surface area contributed by atoms with E-state index in [1.807, 2.05) is 25.1 Å². The Bertz CT molecular complexity index is 918. The second kappa shape index (κ2) is 14.8. The first-order valence-electron chi connectivity index (χ1n) is 9.14. The molecule has 10 N–H and O–H groups in total. The van der Waals surface area contributed by atoms with Gasteiger partial charge >= 0.3 is 17.9 Å². The van der Waals surface area contributed by atoms with Crippen molar-refractivity contribution in [1.29, 1.82) is 0 Å². The lowest BCUT2D eigenvalue weighted by Crippen LogP contribution is -2.46. The van der Waals surface area contributed by atoms with Gasteiger partial charge in [0.05, 0.1) is 0 Å². The van der Waals surface area contributed by atoms with Crippen molar-refractivity contribution < 1.29 is 50.2 Å². The van der Waals surface area contributed by atoms with Gasteiger partial charge < -0.3 is 42.1 Å². The minimum absolute atomic E-state index is 0. The summed E-state index contributed by atoms with van der Waals surface area (Å²) in [6, 6.07) is 13.3. The molecule has 12 nitrogen and oxygen atoms in total. The van der Waals surface area contributed by atoms with Crippen molar-refractivity contribution in [3.8, 4) is 11.5 Å². The monoisotopic (exact) mass is 468 g/mol. The van der Waals surface area contributed by atoms with Crippen LogP contribution in [0.15, 0.2) is 48.5 Å². The summed E-state index contributed by atoms with van der Waals surface area (Å²) in [5.41, 5.74) is 5.42. The number of carboxylic acids is 3. The van der Waals surface area contributed by atoms with Gasteiger partial charge in [0.1, 0.15) is 5.54 Å². The van der Waals surface area contributed by atoms with Gasteiger partial charge in [0.25, 0.3) is 5.91 Å². The Morgan fingerprint density at radius 3 is 1.82 bits per heavy atom. The minimum atomic E-state index is -1.82. The Hall–Kier alpha value is -4.16. The topological polar surface area (TPSA) is 239 Å². The number of phenolic OH excluding ortho intramolecular Hbond substituents is 2. The van der Waals surface area contributed by atoms with Crippen molar-refractivity contribution in [2.24, 2.45) is 5.73 Å². The molecule has 0 unspecified atom stereocenters. The largest absolute Gasteiger partial charge is 0.504 e. The zero-order valence-electron chi connectivity index (χ0n) is 18.0. The molecule has 0 saturated carbocycles. The van der Waals surface area contributed by atoms with Crippen molar-refractivity contribution in [2.45, 2.75) is 25.8 Å². The highest BCUT2D eigenvalue weighted by Crippen LogP contribution is 2.26. The maximum Gasteiger partial charge on any atom is 0.414 e. The quantitative estimate of drug-likeness (QED) is 0.232. The number of benzene rings is 2. The molecule has 0 aliphatic carbocycles. The van der Waals surface area contributed by atoms with Crippen molar-refractivity contribution in [3.63, 3.8) is 0 Å². The lowest BCUT2D eigenvalue weighted by Gasteiger charge is -2.19. The molecule has 0 bridgehead atoms. The number of carboxylic acid groups (broad SMARTS) is 3. The molecule has 33 heavy (non-hydrogen) atoms. The van der Waals surface area contributed by atoms with Gasteiger partial charge in [0.15, 0.2) is 11.5 Å². The molecule has 0 saturated heterocycles. The lowest BCUT2D eigenvalue weighted by atomic mass is 9.94. The summed E-state index contributed by atoms with van der Waals surface area (Å²) in [4.78, 5) is 40.1. The first kappa shape index (κ1) is 31.0. The Balaban J connectivity index is 0. The smallest absolute Gasteiger partial charge is 0.414 e. The van der Waals surface area contributed by atoms with Gasteiger partial charge in [0.2, 0.25) is 0 Å². The third kappa shape index (κ3) is 12.3. The Kier molecular flexibility index (Phi) is 13.9. The first-order chi connectivity index (χ1) is 14.8. The summed E-state index contributed by atoms with van der Waals surface area (Å²) in [6.45, 7) is 3.97. The molecule has 0 aromatic heterocycles. The number of aliphatic carboxylic acids is 3. The van der Waals surface area contributed by atoms with E-state index in [0.29, 0.717) is 17.7 Å². The maximum absolute atomic E-state index is 11.1. The van der Waals surface area contributed by atoms with Crippen LogP contribution in [-0.2, 0) is 20.8 Å². The zero-order chi connectivity index (χ0) is 24.9. The van der Waals surface area contributed by atoms with Crippen LogP contribution in [0.25, 0.3) is 0 Å². The molecule has 0 heterocycles. The van der Waals surface area contributed by atoms with Crippen molar-refractivity contribution in [2.75, 3.05) is 6.54 Å². The van der Waals surface area contributed by atoms with E-state index in [1.54, 1.807) is 12.1 Å². The van der Waals surface area contributed by atoms with Crippen LogP contribution in [0, 0.1) is 0 Å². The third-order valence-corrected chi connectivity index (χ3v) is 3.66. The third-order valence-electron chi connectivity index (χ3n) is 3.66. The van der Waals surface area contributed by atoms with Gasteiger partial charge in [-0.05, 0) is 43.7 Å². The molecule has 0 radical (unpaired) electrons. The minimum Gasteiger partial charge on any atom is -0.504 e. The van der Waals surface area contributed by atoms with Crippen molar-refractivity contribution in [1.82, 2.24) is 5.32 Å². The van der Waals surface area contributed by atoms with Gasteiger partial charge in [-0.25, -0.2) is 9.59 Å². The van der Waals surface area contributed by atoms with Crippen molar-refractivity contribution >= 4 is 23.8 Å². The Labute approximate surface area is 189 Å². The van der Waals surface area contributed by atoms with Gasteiger partial charge in [0, 0.05) is 18.5 Å². The predicted octanol–water partition coefficient (Wildman–Crippen LogP) is 0.209. The van der Waals surface area contributed by atoms with Gasteiger partial charge in [-0.2, -0.15) is 0 Å². The number of nitrogens with one attached hydrogen (secondary N) is 1. The Morgan fingerprint density at radius 1 is 0.909 bits per heavy atom. The molecular weight excluding hydrogens is 440 g/mol. The molecule has 0 fully saturated rings. The molecule has 182 valence electrons. The van der Waals surface area contributed by atoms with E-state index in [4.69, 9.17) is 35.7 Å². The predicted molar refractivity (Wildman–Crippen MR) is 117 cm³/mol. The number of rotatable bonds is 5. The first-order valence-corrected chi connectivity index (χ1v) is 9.14. The van der Waals surface area contributed by atoms with Crippen LogP contribution < -0.4 is 11.1 Å². The molecule has 2 rings (SSSR count). The molecule has 2 aromatic carbocycles. The molecule has 0 aliphatic rings. The summed E-state index contributed by atoms with van der Waals surface area (Å²) >= 11 is 0. The fourth-order valence-corrected chi connectivity index (χ4v) is 2.03. The molecule has 1 atom stereocenters. The van der Waals surface area contributed by atoms with Gasteiger partial charge in [-0.15, -0.1) is 0 Å². The summed E-state index contributed by atoms with van der Waals surface area (Å²) in [7, 11) is 0. The summed E-state index contributed by atoms with van der Waals surface area (Å²) in [5, 5.41) is 44.5. The normalized spacial score (nSPS) is 11.0. The van der Waals surface area contributed by atoms with Crippen LogP contribution in [0.2, 0.25) is 0 Å². The summed E-state index contributed by atoms with van der Waals surface area (Å²) < 4.78 is 0. The van der Waals surface area contributed by atoms with Gasteiger partial charge in [-0.1, -0.05) is 24.3 Å². The van der Waals surface area contributed by atoms with E-state index in [1.165, 1.54) is 25.1 Å². The SMILES string of the molecule is CCNC(=O)c1ccccc1.C[C@](N)(Cc1ccc(O)c(O)c1)C(=O)O.O.O=C(O)C(=O)O. The van der Waals surface area contributed by atoms with Crippen LogP contribution in [0.4, 0.5) is 0 Å². The molecule has 2 aromatic rings. The lowest BCUT2D eigenvalue weighted by molar-refractivity contribution is -0.159.